The Morgan fingerprint density at radius 3 is 2.61 bits per heavy atom. The molecule has 2 aromatic carbocycles. The topological polar surface area (TPSA) is 91.1 Å². The van der Waals surface area contributed by atoms with Gasteiger partial charge in [-0.25, -0.2) is 0 Å². The van der Waals surface area contributed by atoms with Crippen LogP contribution in [0.4, 0.5) is 5.69 Å². The summed E-state index contributed by atoms with van der Waals surface area (Å²) in [6, 6.07) is 16.3. The Balaban J connectivity index is 1.37. The van der Waals surface area contributed by atoms with Gasteiger partial charge >= 0.3 is 5.97 Å². The summed E-state index contributed by atoms with van der Waals surface area (Å²) in [6.45, 7) is 0.267. The molecule has 1 atom stereocenters. The van der Waals surface area contributed by atoms with Crippen LogP contribution in [0.25, 0.3) is 11.3 Å². The van der Waals surface area contributed by atoms with Crippen molar-refractivity contribution in [3.05, 3.63) is 60.3 Å². The van der Waals surface area contributed by atoms with Gasteiger partial charge in [-0.2, -0.15) is 0 Å². The zero-order valence-electron chi connectivity index (χ0n) is 17.2. The quantitative estimate of drug-likeness (QED) is 0.539. The number of nitrogens with zero attached hydrogens (tertiary/aromatic N) is 2. The fraction of sp³-hybridized carbons (Fsp3) is 0.261. The Morgan fingerprint density at radius 2 is 1.87 bits per heavy atom. The van der Waals surface area contributed by atoms with Crippen LogP contribution in [-0.4, -0.2) is 37.8 Å². The number of esters is 1. The van der Waals surface area contributed by atoms with Crippen LogP contribution in [0.2, 0.25) is 0 Å². The first-order valence-corrected chi connectivity index (χ1v) is 9.79. The summed E-state index contributed by atoms with van der Waals surface area (Å²) in [5.74, 6) is 0.657. The highest BCUT2D eigenvalue weighted by atomic mass is 16.5. The fourth-order valence-electron chi connectivity index (χ4n) is 3.49. The molecule has 0 N–H and O–H groups in total. The van der Waals surface area contributed by atoms with Crippen LogP contribution in [0.1, 0.15) is 12.1 Å². The number of carbonyl (C=O) groups is 2. The van der Waals surface area contributed by atoms with E-state index >= 15 is 0 Å². The van der Waals surface area contributed by atoms with E-state index in [0.29, 0.717) is 29.5 Å². The SMILES string of the molecule is COc1ccc(-c2cc(COC(=O)C3CC(=O)N(c4ccccc4)C3)no2)cc1OC. The molecule has 8 nitrogen and oxygen atoms in total. The first kappa shape index (κ1) is 20.5. The molecule has 31 heavy (non-hydrogen) atoms. The number of methoxy groups -OCH3 is 2. The minimum Gasteiger partial charge on any atom is -0.493 e. The Labute approximate surface area is 179 Å². The third kappa shape index (κ3) is 4.37. The summed E-state index contributed by atoms with van der Waals surface area (Å²) in [4.78, 5) is 26.4. The molecule has 8 heteroatoms. The van der Waals surface area contributed by atoms with E-state index in [4.69, 9.17) is 18.7 Å². The van der Waals surface area contributed by atoms with Crippen LogP contribution in [-0.2, 0) is 20.9 Å². The lowest BCUT2D eigenvalue weighted by Crippen LogP contribution is -2.26. The van der Waals surface area contributed by atoms with Crippen LogP contribution in [0, 0.1) is 5.92 Å². The van der Waals surface area contributed by atoms with Gasteiger partial charge in [-0.3, -0.25) is 9.59 Å². The number of ether oxygens (including phenoxy) is 3. The van der Waals surface area contributed by atoms with Gasteiger partial charge in [0.15, 0.2) is 17.3 Å². The number of anilines is 1. The minimum absolute atomic E-state index is 0.0361. The average molecular weight is 422 g/mol. The van der Waals surface area contributed by atoms with Crippen LogP contribution < -0.4 is 14.4 Å². The van der Waals surface area contributed by atoms with Crippen LogP contribution in [0.3, 0.4) is 0 Å². The molecule has 1 unspecified atom stereocenters. The molecule has 1 aliphatic rings. The molecule has 4 rings (SSSR count). The van der Waals surface area contributed by atoms with E-state index in [0.717, 1.165) is 11.3 Å². The van der Waals surface area contributed by atoms with E-state index in [1.165, 1.54) is 0 Å². The molecule has 0 saturated carbocycles. The third-order valence-electron chi connectivity index (χ3n) is 5.12. The molecule has 1 fully saturated rings. The van der Waals surface area contributed by atoms with E-state index in [1.807, 2.05) is 36.4 Å². The molecule has 1 aromatic heterocycles. The number of para-hydroxylation sites is 1. The normalized spacial score (nSPS) is 15.7. The Kier molecular flexibility index (Phi) is 5.88. The standard InChI is InChI=1S/C23H22N2O6/c1-28-19-9-8-15(10-21(19)29-2)20-12-17(24-31-20)14-30-23(27)16-11-22(26)25(13-16)18-6-4-3-5-7-18/h3-10,12,16H,11,13-14H2,1-2H3. The van der Waals surface area contributed by atoms with Crippen molar-refractivity contribution in [2.24, 2.45) is 5.92 Å². The fourth-order valence-corrected chi connectivity index (χ4v) is 3.49. The predicted octanol–water partition coefficient (Wildman–Crippen LogP) is 3.46. The molecule has 0 bridgehead atoms. The van der Waals surface area contributed by atoms with Crippen molar-refractivity contribution in [2.45, 2.75) is 13.0 Å². The third-order valence-corrected chi connectivity index (χ3v) is 5.12. The number of rotatable bonds is 7. The lowest BCUT2D eigenvalue weighted by atomic mass is 10.1. The summed E-state index contributed by atoms with van der Waals surface area (Å²) in [5.41, 5.74) is 2.00. The second kappa shape index (κ2) is 8.91. The maximum atomic E-state index is 12.5. The van der Waals surface area contributed by atoms with Crippen LogP contribution >= 0.6 is 0 Å². The summed E-state index contributed by atoms with van der Waals surface area (Å²) in [5, 5.41) is 3.97. The molecule has 1 saturated heterocycles. The van der Waals surface area contributed by atoms with Gasteiger partial charge in [0.1, 0.15) is 12.3 Å². The smallest absolute Gasteiger partial charge is 0.311 e. The van der Waals surface area contributed by atoms with Gasteiger partial charge < -0.3 is 23.6 Å². The lowest BCUT2D eigenvalue weighted by molar-refractivity contribution is -0.149. The summed E-state index contributed by atoms with van der Waals surface area (Å²) in [6.07, 6.45) is 0.128. The van der Waals surface area contributed by atoms with Crippen LogP contribution in [0.15, 0.2) is 59.1 Å². The number of amides is 1. The molecule has 1 amide bonds. The van der Waals surface area contributed by atoms with Gasteiger partial charge in [0, 0.05) is 30.3 Å². The number of carbonyl (C=O) groups excluding carboxylic acids is 2. The van der Waals surface area contributed by atoms with Crippen LogP contribution in [0.5, 0.6) is 11.5 Å². The number of aromatic nitrogens is 1. The molecule has 3 aromatic rings. The molecule has 0 spiro atoms. The van der Waals surface area contributed by atoms with Crippen molar-refractivity contribution in [3.63, 3.8) is 0 Å². The second-order valence-electron chi connectivity index (χ2n) is 7.10. The van der Waals surface area contributed by atoms with Crippen molar-refractivity contribution in [3.8, 4) is 22.8 Å². The van der Waals surface area contributed by atoms with E-state index < -0.39 is 11.9 Å². The second-order valence-corrected chi connectivity index (χ2v) is 7.10. The van der Waals surface area contributed by atoms with Crippen molar-refractivity contribution in [2.75, 3.05) is 25.7 Å². The zero-order chi connectivity index (χ0) is 21.8. The van der Waals surface area contributed by atoms with Crippen molar-refractivity contribution >= 4 is 17.6 Å². The van der Waals surface area contributed by atoms with Gasteiger partial charge in [-0.15, -0.1) is 0 Å². The van der Waals surface area contributed by atoms with E-state index in [1.54, 1.807) is 37.3 Å². The number of hydrogen-bond acceptors (Lipinski definition) is 7. The number of benzene rings is 2. The largest absolute Gasteiger partial charge is 0.493 e. The van der Waals surface area contributed by atoms with Crippen molar-refractivity contribution in [1.82, 2.24) is 5.16 Å². The Bertz CT molecular complexity index is 1080. The highest BCUT2D eigenvalue weighted by molar-refractivity contribution is 5.99. The van der Waals surface area contributed by atoms with E-state index in [9.17, 15) is 9.59 Å². The summed E-state index contributed by atoms with van der Waals surface area (Å²) >= 11 is 0. The molecule has 0 aliphatic carbocycles. The van der Waals surface area contributed by atoms with Gasteiger partial charge in [-0.05, 0) is 30.3 Å². The molecule has 160 valence electrons. The monoisotopic (exact) mass is 422 g/mol. The highest BCUT2D eigenvalue weighted by Gasteiger charge is 2.36. The lowest BCUT2D eigenvalue weighted by Gasteiger charge is -2.16. The first-order valence-electron chi connectivity index (χ1n) is 9.79. The Morgan fingerprint density at radius 1 is 1.10 bits per heavy atom. The highest BCUT2D eigenvalue weighted by Crippen LogP contribution is 2.32. The Hall–Kier alpha value is -3.81. The molecule has 2 heterocycles. The molecular weight excluding hydrogens is 400 g/mol. The van der Waals surface area contributed by atoms with Crippen molar-refractivity contribution < 1.29 is 28.3 Å². The molecule has 0 radical (unpaired) electrons. The summed E-state index contributed by atoms with van der Waals surface area (Å²) in [7, 11) is 3.12. The van der Waals surface area contributed by atoms with Gasteiger partial charge in [0.05, 0.1) is 20.1 Å². The van der Waals surface area contributed by atoms with E-state index in [-0.39, 0.29) is 18.9 Å². The van der Waals surface area contributed by atoms with E-state index in [2.05, 4.69) is 5.16 Å². The summed E-state index contributed by atoms with van der Waals surface area (Å²) < 4.78 is 21.3. The molecular formula is C23H22N2O6. The van der Waals surface area contributed by atoms with Gasteiger partial charge in [-0.1, -0.05) is 23.4 Å². The maximum Gasteiger partial charge on any atom is 0.311 e. The predicted molar refractivity (Wildman–Crippen MR) is 112 cm³/mol. The maximum absolute atomic E-state index is 12.5. The van der Waals surface area contributed by atoms with Gasteiger partial charge in [0.25, 0.3) is 0 Å². The van der Waals surface area contributed by atoms with Gasteiger partial charge in [0.2, 0.25) is 5.91 Å². The molecule has 1 aliphatic heterocycles. The average Bonchev–Trinajstić information content (AvgIpc) is 3.44. The van der Waals surface area contributed by atoms with Crippen molar-refractivity contribution in [1.29, 1.82) is 0 Å². The number of hydrogen-bond donors (Lipinski definition) is 0. The zero-order valence-corrected chi connectivity index (χ0v) is 17.2. The minimum atomic E-state index is -0.509. The first-order chi connectivity index (χ1) is 15.1.